The highest BCUT2D eigenvalue weighted by atomic mass is 16.3. The van der Waals surface area contributed by atoms with Gasteiger partial charge in [0, 0.05) is 22.8 Å². The molecule has 26 heavy (non-hydrogen) atoms. The first-order chi connectivity index (χ1) is 12.6. The summed E-state index contributed by atoms with van der Waals surface area (Å²) in [5.41, 5.74) is 6.17. The van der Waals surface area contributed by atoms with E-state index in [-0.39, 0.29) is 17.1 Å². The molecule has 1 aromatic heterocycles. The van der Waals surface area contributed by atoms with Gasteiger partial charge >= 0.3 is 0 Å². The minimum Gasteiger partial charge on any atom is -0.508 e. The third-order valence-electron chi connectivity index (χ3n) is 3.85. The number of benzene rings is 2. The van der Waals surface area contributed by atoms with Gasteiger partial charge in [0.25, 0.3) is 5.91 Å². The molecule has 7 heteroatoms. The summed E-state index contributed by atoms with van der Waals surface area (Å²) < 4.78 is 0. The highest BCUT2D eigenvalue weighted by Crippen LogP contribution is 2.21. The number of carbonyl (C=O) groups excluding carboxylic acids is 1. The number of carbonyl (C=O) groups is 1. The van der Waals surface area contributed by atoms with E-state index in [0.717, 1.165) is 23.7 Å². The van der Waals surface area contributed by atoms with Gasteiger partial charge in [-0.25, -0.2) is 5.43 Å². The normalized spacial score (nSPS) is 11.0. The lowest BCUT2D eigenvalue weighted by atomic mass is 10.1. The summed E-state index contributed by atoms with van der Waals surface area (Å²) in [5.74, 6) is -0.955. The Morgan fingerprint density at radius 3 is 2.54 bits per heavy atom. The van der Waals surface area contributed by atoms with Crippen molar-refractivity contribution in [1.29, 1.82) is 0 Å². The number of nitrogens with zero attached hydrogens (tertiary/aromatic N) is 2. The molecule has 0 fully saturated rings. The Morgan fingerprint density at radius 2 is 1.88 bits per heavy atom. The van der Waals surface area contributed by atoms with Crippen molar-refractivity contribution in [2.75, 3.05) is 0 Å². The molecule has 3 aromatic rings. The second kappa shape index (κ2) is 7.52. The zero-order valence-electron chi connectivity index (χ0n) is 14.1. The minimum atomic E-state index is -0.551. The maximum absolute atomic E-state index is 12.0. The summed E-state index contributed by atoms with van der Waals surface area (Å²) in [4.78, 5) is 12.0. The van der Waals surface area contributed by atoms with Crippen LogP contribution >= 0.6 is 0 Å². The summed E-state index contributed by atoms with van der Waals surface area (Å²) in [5, 5.41) is 29.7. The van der Waals surface area contributed by atoms with E-state index in [0.29, 0.717) is 5.56 Å². The number of amides is 1. The fourth-order valence-electron chi connectivity index (χ4n) is 2.48. The van der Waals surface area contributed by atoms with Gasteiger partial charge in [0.05, 0.1) is 18.1 Å². The van der Waals surface area contributed by atoms with E-state index in [2.05, 4.69) is 27.6 Å². The summed E-state index contributed by atoms with van der Waals surface area (Å²) >= 11 is 0. The van der Waals surface area contributed by atoms with Crippen molar-refractivity contribution in [2.24, 2.45) is 5.10 Å². The molecule has 2 aromatic carbocycles. The van der Waals surface area contributed by atoms with Crippen LogP contribution in [0.1, 0.15) is 28.4 Å². The van der Waals surface area contributed by atoms with Gasteiger partial charge in [-0.1, -0.05) is 31.2 Å². The molecule has 132 valence electrons. The number of aromatic amines is 1. The molecule has 0 spiro atoms. The lowest BCUT2D eigenvalue weighted by Crippen LogP contribution is -2.17. The van der Waals surface area contributed by atoms with E-state index < -0.39 is 5.91 Å². The summed E-state index contributed by atoms with van der Waals surface area (Å²) in [7, 11) is 0. The number of aryl methyl sites for hydroxylation is 1. The van der Waals surface area contributed by atoms with Crippen molar-refractivity contribution in [2.45, 2.75) is 13.3 Å². The minimum absolute atomic E-state index is 0.0993. The van der Waals surface area contributed by atoms with Gasteiger partial charge < -0.3 is 10.2 Å². The molecule has 0 aliphatic rings. The smallest absolute Gasteiger partial charge is 0.271 e. The first-order valence-corrected chi connectivity index (χ1v) is 8.06. The molecule has 0 bridgehead atoms. The Bertz CT molecular complexity index is 925. The van der Waals surface area contributed by atoms with Crippen LogP contribution < -0.4 is 5.43 Å². The first-order valence-electron chi connectivity index (χ1n) is 8.06. The standard InChI is InChI=1S/C19H18N4O3/c1-2-12-3-5-13(6-4-12)18-15(10-20-22-18)11-21-23-19(26)14-7-16(24)9-17(25)8-14/h3-11,24-25H,2H2,1H3,(H,20,22)(H,23,26)/b21-11-. The number of hydrogen-bond donors (Lipinski definition) is 4. The van der Waals surface area contributed by atoms with E-state index in [4.69, 9.17) is 0 Å². The maximum Gasteiger partial charge on any atom is 0.271 e. The Hall–Kier alpha value is -3.61. The third-order valence-corrected chi connectivity index (χ3v) is 3.85. The number of hydrogen-bond acceptors (Lipinski definition) is 5. The van der Waals surface area contributed by atoms with E-state index in [9.17, 15) is 15.0 Å². The largest absolute Gasteiger partial charge is 0.508 e. The number of hydrazone groups is 1. The predicted molar refractivity (Wildman–Crippen MR) is 98.2 cm³/mol. The van der Waals surface area contributed by atoms with Gasteiger partial charge in [0.2, 0.25) is 0 Å². The van der Waals surface area contributed by atoms with E-state index in [1.54, 1.807) is 6.20 Å². The number of rotatable bonds is 5. The van der Waals surface area contributed by atoms with Crippen LogP contribution in [0.2, 0.25) is 0 Å². The third kappa shape index (κ3) is 3.89. The monoisotopic (exact) mass is 350 g/mol. The number of aromatic hydroxyl groups is 2. The highest BCUT2D eigenvalue weighted by molar-refractivity contribution is 5.96. The van der Waals surface area contributed by atoms with Crippen molar-refractivity contribution in [3.8, 4) is 22.8 Å². The second-order valence-corrected chi connectivity index (χ2v) is 5.69. The van der Waals surface area contributed by atoms with Crippen LogP contribution in [0.3, 0.4) is 0 Å². The second-order valence-electron chi connectivity index (χ2n) is 5.69. The molecular weight excluding hydrogens is 332 g/mol. The fraction of sp³-hybridized carbons (Fsp3) is 0.105. The van der Waals surface area contributed by atoms with Crippen LogP contribution in [0.4, 0.5) is 0 Å². The lowest BCUT2D eigenvalue weighted by molar-refractivity contribution is 0.0954. The van der Waals surface area contributed by atoms with Crippen LogP contribution in [0, 0.1) is 0 Å². The molecule has 4 N–H and O–H groups in total. The van der Waals surface area contributed by atoms with Crippen molar-refractivity contribution >= 4 is 12.1 Å². The average molecular weight is 350 g/mol. The van der Waals surface area contributed by atoms with E-state index >= 15 is 0 Å². The van der Waals surface area contributed by atoms with Crippen molar-refractivity contribution in [3.05, 3.63) is 65.4 Å². The highest BCUT2D eigenvalue weighted by Gasteiger charge is 2.09. The molecule has 0 saturated carbocycles. The Labute approximate surface area is 150 Å². The van der Waals surface area contributed by atoms with E-state index in [1.165, 1.54) is 23.9 Å². The quantitative estimate of drug-likeness (QED) is 0.419. The number of phenolic OH excluding ortho intramolecular Hbond substituents is 2. The number of phenols is 2. The first kappa shape index (κ1) is 17.2. The molecule has 0 radical (unpaired) electrons. The summed E-state index contributed by atoms with van der Waals surface area (Å²) in [6.07, 6.45) is 4.06. The zero-order chi connectivity index (χ0) is 18.5. The van der Waals surface area contributed by atoms with Crippen LogP contribution in [0.25, 0.3) is 11.3 Å². The predicted octanol–water partition coefficient (Wildman–Crippen LogP) is 2.81. The van der Waals surface area contributed by atoms with E-state index in [1.807, 2.05) is 24.3 Å². The Kier molecular flexibility index (Phi) is 4.98. The van der Waals surface area contributed by atoms with Crippen molar-refractivity contribution < 1.29 is 15.0 Å². The lowest BCUT2D eigenvalue weighted by Gasteiger charge is -2.03. The fourth-order valence-corrected chi connectivity index (χ4v) is 2.48. The average Bonchev–Trinajstić information content (AvgIpc) is 3.09. The van der Waals surface area contributed by atoms with Crippen LogP contribution in [-0.4, -0.2) is 32.5 Å². The van der Waals surface area contributed by atoms with Gasteiger partial charge in [-0.15, -0.1) is 0 Å². The molecule has 3 rings (SSSR count). The summed E-state index contributed by atoms with van der Waals surface area (Å²) in [6, 6.07) is 11.7. The number of nitrogens with one attached hydrogen (secondary N) is 2. The Balaban J connectivity index is 1.73. The molecule has 0 saturated heterocycles. The zero-order valence-corrected chi connectivity index (χ0v) is 14.1. The van der Waals surface area contributed by atoms with Crippen LogP contribution in [0.5, 0.6) is 11.5 Å². The Morgan fingerprint density at radius 1 is 1.19 bits per heavy atom. The van der Waals surface area contributed by atoms with Gasteiger partial charge in [0.15, 0.2) is 0 Å². The topological polar surface area (TPSA) is 111 Å². The molecule has 0 aliphatic heterocycles. The summed E-state index contributed by atoms with van der Waals surface area (Å²) in [6.45, 7) is 2.10. The van der Waals surface area contributed by atoms with Gasteiger partial charge in [0.1, 0.15) is 11.5 Å². The SMILES string of the molecule is CCc1ccc(-c2[nH]ncc2/C=N\NC(=O)c2cc(O)cc(O)c2)cc1. The molecule has 7 nitrogen and oxygen atoms in total. The number of H-pyrrole nitrogens is 1. The molecule has 0 aliphatic carbocycles. The van der Waals surface area contributed by atoms with Crippen LogP contribution in [0.15, 0.2) is 53.8 Å². The molecule has 0 atom stereocenters. The molecular formula is C19H18N4O3. The molecule has 1 amide bonds. The molecule has 0 unspecified atom stereocenters. The maximum atomic E-state index is 12.0. The van der Waals surface area contributed by atoms with Gasteiger partial charge in [-0.3, -0.25) is 9.89 Å². The number of aromatic nitrogens is 2. The van der Waals surface area contributed by atoms with Crippen molar-refractivity contribution in [1.82, 2.24) is 15.6 Å². The van der Waals surface area contributed by atoms with Gasteiger partial charge in [-0.05, 0) is 24.1 Å². The van der Waals surface area contributed by atoms with Gasteiger partial charge in [-0.2, -0.15) is 10.2 Å². The van der Waals surface area contributed by atoms with Crippen LogP contribution in [-0.2, 0) is 6.42 Å². The molecule has 1 heterocycles. The van der Waals surface area contributed by atoms with Crippen molar-refractivity contribution in [3.63, 3.8) is 0 Å².